The smallest absolute Gasteiger partial charge is 0.0973 e. The number of hydrogen-bond donors (Lipinski definition) is 0. The summed E-state index contributed by atoms with van der Waals surface area (Å²) in [5, 5.41) is 0. The van der Waals surface area contributed by atoms with Gasteiger partial charge >= 0.3 is 0 Å². The molecule has 0 aliphatic heterocycles. The minimum atomic E-state index is 0. The SMILES string of the molecule is C=CC[N+](CC)(CC)CC=C.[F-]. The molecule has 0 aromatic carbocycles. The second kappa shape index (κ2) is 7.04. The fraction of sp³-hybridized carbons (Fsp3) is 0.600. The maximum absolute atomic E-state index is 3.77. The third kappa shape index (κ3) is 3.67. The van der Waals surface area contributed by atoms with Crippen molar-refractivity contribution in [1.29, 1.82) is 0 Å². The Kier molecular flexibility index (Phi) is 8.17. The molecule has 0 radical (unpaired) electrons. The van der Waals surface area contributed by atoms with Crippen LogP contribution in [0.15, 0.2) is 25.3 Å². The van der Waals surface area contributed by atoms with Crippen LogP contribution >= 0.6 is 0 Å². The van der Waals surface area contributed by atoms with Crippen molar-refractivity contribution in [3.8, 4) is 0 Å². The molecule has 0 bridgehead atoms. The number of rotatable bonds is 6. The summed E-state index contributed by atoms with van der Waals surface area (Å²) in [6.45, 7) is 16.4. The maximum Gasteiger partial charge on any atom is 0.0973 e. The van der Waals surface area contributed by atoms with Gasteiger partial charge in [-0.05, 0) is 26.0 Å². The summed E-state index contributed by atoms with van der Waals surface area (Å²) in [6, 6.07) is 0. The van der Waals surface area contributed by atoms with Gasteiger partial charge in [-0.3, -0.25) is 0 Å². The normalized spacial score (nSPS) is 10.2. The summed E-state index contributed by atoms with van der Waals surface area (Å²) >= 11 is 0. The molecule has 0 spiro atoms. The topological polar surface area (TPSA) is 0 Å². The van der Waals surface area contributed by atoms with Gasteiger partial charge in [-0.1, -0.05) is 13.2 Å². The van der Waals surface area contributed by atoms with Gasteiger partial charge in [0.15, 0.2) is 0 Å². The molecule has 0 aromatic rings. The van der Waals surface area contributed by atoms with Crippen LogP contribution in [0.3, 0.4) is 0 Å². The fourth-order valence-corrected chi connectivity index (χ4v) is 1.36. The van der Waals surface area contributed by atoms with E-state index in [9.17, 15) is 0 Å². The predicted octanol–water partition coefficient (Wildman–Crippen LogP) is -0.781. The van der Waals surface area contributed by atoms with Crippen molar-refractivity contribution in [1.82, 2.24) is 0 Å². The number of halogens is 1. The van der Waals surface area contributed by atoms with E-state index in [0.29, 0.717) is 0 Å². The lowest BCUT2D eigenvalue weighted by Crippen LogP contribution is -3.00. The molecule has 0 saturated carbocycles. The van der Waals surface area contributed by atoms with Gasteiger partial charge in [0.25, 0.3) is 0 Å². The first-order chi connectivity index (χ1) is 5.24. The highest BCUT2D eigenvalue weighted by Gasteiger charge is 2.18. The summed E-state index contributed by atoms with van der Waals surface area (Å²) in [7, 11) is 0. The van der Waals surface area contributed by atoms with Crippen LogP contribution in [0.25, 0.3) is 0 Å². The van der Waals surface area contributed by atoms with Gasteiger partial charge in [0.05, 0.1) is 26.2 Å². The second-order valence-corrected chi connectivity index (χ2v) is 2.92. The molecule has 72 valence electrons. The van der Waals surface area contributed by atoms with Crippen molar-refractivity contribution in [2.45, 2.75) is 13.8 Å². The predicted molar refractivity (Wildman–Crippen MR) is 51.5 cm³/mol. The zero-order chi connectivity index (χ0) is 8.74. The molecular weight excluding hydrogens is 153 g/mol. The van der Waals surface area contributed by atoms with Crippen LogP contribution in [0.2, 0.25) is 0 Å². The summed E-state index contributed by atoms with van der Waals surface area (Å²) in [6.07, 6.45) is 3.99. The highest BCUT2D eigenvalue weighted by molar-refractivity contribution is 4.71. The summed E-state index contributed by atoms with van der Waals surface area (Å²) in [5.74, 6) is 0. The number of quaternary nitrogens is 1. The molecule has 0 unspecified atom stereocenters. The molecule has 12 heavy (non-hydrogen) atoms. The van der Waals surface area contributed by atoms with Crippen LogP contribution in [0.5, 0.6) is 0 Å². The van der Waals surface area contributed by atoms with Crippen LogP contribution in [-0.2, 0) is 0 Å². The van der Waals surface area contributed by atoms with E-state index in [4.69, 9.17) is 0 Å². The average Bonchev–Trinajstić information content (AvgIpc) is 2.04. The zero-order valence-corrected chi connectivity index (χ0v) is 8.22. The molecule has 0 aromatic heterocycles. The van der Waals surface area contributed by atoms with E-state index in [1.54, 1.807) is 0 Å². The molecule has 0 saturated heterocycles. The number of nitrogens with zero attached hydrogens (tertiary/aromatic N) is 1. The Labute approximate surface area is 75.3 Å². The Morgan fingerprint density at radius 3 is 1.50 bits per heavy atom. The molecule has 2 heteroatoms. The van der Waals surface area contributed by atoms with E-state index in [-0.39, 0.29) is 4.70 Å². The number of likely N-dealkylation sites (N-methyl/N-ethyl adjacent to an activating group) is 1. The lowest BCUT2D eigenvalue weighted by atomic mass is 10.3. The lowest BCUT2D eigenvalue weighted by molar-refractivity contribution is -0.914. The Balaban J connectivity index is 0. The van der Waals surface area contributed by atoms with E-state index in [1.807, 2.05) is 12.2 Å². The average molecular weight is 173 g/mol. The first kappa shape index (κ1) is 13.9. The van der Waals surface area contributed by atoms with Gasteiger partial charge in [0, 0.05) is 0 Å². The highest BCUT2D eigenvalue weighted by Crippen LogP contribution is 2.05. The van der Waals surface area contributed by atoms with Gasteiger partial charge in [-0.25, -0.2) is 0 Å². The van der Waals surface area contributed by atoms with Crippen molar-refractivity contribution >= 4 is 0 Å². The third-order valence-corrected chi connectivity index (χ3v) is 2.37. The van der Waals surface area contributed by atoms with Crippen LogP contribution in [0, 0.1) is 0 Å². The van der Waals surface area contributed by atoms with Crippen molar-refractivity contribution in [3.05, 3.63) is 25.3 Å². The highest BCUT2D eigenvalue weighted by atomic mass is 19.0. The first-order valence-electron chi connectivity index (χ1n) is 4.31. The van der Waals surface area contributed by atoms with Gasteiger partial charge < -0.3 is 9.19 Å². The Bertz CT molecular complexity index is 116. The monoisotopic (exact) mass is 173 g/mol. The van der Waals surface area contributed by atoms with Gasteiger partial charge in [-0.2, -0.15) is 0 Å². The molecule has 0 aliphatic rings. The molecule has 1 nitrogen and oxygen atoms in total. The van der Waals surface area contributed by atoms with E-state index < -0.39 is 0 Å². The van der Waals surface area contributed by atoms with Crippen molar-refractivity contribution in [2.75, 3.05) is 26.2 Å². The van der Waals surface area contributed by atoms with Crippen molar-refractivity contribution in [2.24, 2.45) is 0 Å². The van der Waals surface area contributed by atoms with E-state index in [2.05, 4.69) is 27.0 Å². The maximum atomic E-state index is 3.77. The molecule has 0 heterocycles. The van der Waals surface area contributed by atoms with Crippen LogP contribution in [0.4, 0.5) is 0 Å². The number of hydrogen-bond acceptors (Lipinski definition) is 0. The molecule has 0 atom stereocenters. The molecule has 0 fully saturated rings. The minimum absolute atomic E-state index is 0. The van der Waals surface area contributed by atoms with E-state index >= 15 is 0 Å². The van der Waals surface area contributed by atoms with Gasteiger partial charge in [0.1, 0.15) is 0 Å². The fourth-order valence-electron chi connectivity index (χ4n) is 1.36. The standard InChI is InChI=1S/C10H20N.FH/c1-5-9-11(7-3,8-4)10-6-2;/h5-6H,1-2,7-10H2,3-4H3;1H/q+1;/p-1. The Morgan fingerprint density at radius 2 is 1.33 bits per heavy atom. The van der Waals surface area contributed by atoms with Crippen LogP contribution in [0.1, 0.15) is 13.8 Å². The van der Waals surface area contributed by atoms with E-state index in [0.717, 1.165) is 30.7 Å². The van der Waals surface area contributed by atoms with Crippen molar-refractivity contribution < 1.29 is 9.19 Å². The zero-order valence-electron chi connectivity index (χ0n) is 8.22. The van der Waals surface area contributed by atoms with Gasteiger partial charge in [-0.15, -0.1) is 0 Å². The molecule has 0 N–H and O–H groups in total. The molecule has 0 rings (SSSR count). The third-order valence-electron chi connectivity index (χ3n) is 2.37. The largest absolute Gasteiger partial charge is 1.00 e. The first-order valence-corrected chi connectivity index (χ1v) is 4.31. The Morgan fingerprint density at radius 1 is 1.00 bits per heavy atom. The molecular formula is C10H20FN. The molecule has 0 aliphatic carbocycles. The Hall–Kier alpha value is -0.630. The summed E-state index contributed by atoms with van der Waals surface area (Å²) in [5.41, 5.74) is 0. The van der Waals surface area contributed by atoms with E-state index in [1.165, 1.54) is 0 Å². The summed E-state index contributed by atoms with van der Waals surface area (Å²) < 4.78 is 1.09. The van der Waals surface area contributed by atoms with Gasteiger partial charge in [0.2, 0.25) is 0 Å². The summed E-state index contributed by atoms with van der Waals surface area (Å²) in [4.78, 5) is 0. The minimum Gasteiger partial charge on any atom is -1.00 e. The quantitative estimate of drug-likeness (QED) is 0.365. The second-order valence-electron chi connectivity index (χ2n) is 2.92. The lowest BCUT2D eigenvalue weighted by Gasteiger charge is -2.34. The van der Waals surface area contributed by atoms with Crippen LogP contribution < -0.4 is 4.70 Å². The molecule has 0 amide bonds. The van der Waals surface area contributed by atoms with Crippen LogP contribution in [-0.4, -0.2) is 30.7 Å². The van der Waals surface area contributed by atoms with Crippen molar-refractivity contribution in [3.63, 3.8) is 0 Å².